The fourth-order valence-electron chi connectivity index (χ4n) is 8.82. The molecule has 0 saturated carbocycles. The van der Waals surface area contributed by atoms with Crippen molar-refractivity contribution in [2.24, 2.45) is 4.99 Å². The molecule has 2 aliphatic heterocycles. The molecule has 0 fully saturated rings. The van der Waals surface area contributed by atoms with Gasteiger partial charge in [-0.3, -0.25) is 4.57 Å². The van der Waals surface area contributed by atoms with Gasteiger partial charge in [-0.25, -0.2) is 9.98 Å². The highest BCUT2D eigenvalue weighted by Gasteiger charge is 2.28. The lowest BCUT2D eigenvalue weighted by Crippen LogP contribution is -2.34. The number of nitrogens with zero attached hydrogens (tertiary/aromatic N) is 3. The van der Waals surface area contributed by atoms with E-state index in [4.69, 9.17) is 9.98 Å². The minimum Gasteiger partial charge on any atom is -0.371 e. The number of hydrogen-bond donors (Lipinski definition) is 1. The number of fused-ring (bicyclic) bond motifs is 7. The highest BCUT2D eigenvalue weighted by Crippen LogP contribution is 2.40. The van der Waals surface area contributed by atoms with Gasteiger partial charge in [-0.05, 0) is 112 Å². The van der Waals surface area contributed by atoms with Crippen LogP contribution in [0, 0.1) is 0 Å². The molecule has 2 aliphatic carbocycles. The first-order valence-corrected chi connectivity index (χ1v) is 18.7. The van der Waals surface area contributed by atoms with Gasteiger partial charge in [0.2, 0.25) is 0 Å². The fourth-order valence-corrected chi connectivity index (χ4v) is 8.82. The van der Waals surface area contributed by atoms with E-state index in [-0.39, 0.29) is 6.04 Å². The molecular formula is C49H36N4. The van der Waals surface area contributed by atoms with Gasteiger partial charge >= 0.3 is 0 Å². The van der Waals surface area contributed by atoms with Crippen LogP contribution in [-0.2, 0) is 6.42 Å². The number of nitrogens with one attached hydrogen (secondary N) is 1. The molecule has 0 saturated heterocycles. The molecule has 1 unspecified atom stereocenters. The standard InChI is InChI=1S/C49H36N4/c1-2-13-32-28-36(27-26-31(32)12-1)47-46(50-42-22-6-7-23-43(42)51-47)35-16-9-14-33(29-35)34-15-10-17-37(30-34)49-52-44-24-11-21-41-39-19-4-3-18-38(39)40-20-5-8-25-45(40)53(49)48(41)44/h1,3-10,12,14-20,22-30,46,50H,2,11,13,21H2. The van der Waals surface area contributed by atoms with Crippen LogP contribution < -0.4 is 16.0 Å². The van der Waals surface area contributed by atoms with Crippen molar-refractivity contribution in [1.29, 1.82) is 0 Å². The molecule has 4 heteroatoms. The van der Waals surface area contributed by atoms with Crippen LogP contribution in [0.15, 0.2) is 151 Å². The summed E-state index contributed by atoms with van der Waals surface area (Å²) < 4.78 is 2.42. The average Bonchev–Trinajstić information content (AvgIpc) is 3.57. The van der Waals surface area contributed by atoms with Gasteiger partial charge in [0.1, 0.15) is 5.82 Å². The number of rotatable bonds is 4. The summed E-state index contributed by atoms with van der Waals surface area (Å²) in [5.41, 5.74) is 18.0. The first-order chi connectivity index (χ1) is 26.3. The van der Waals surface area contributed by atoms with Crippen molar-refractivity contribution in [2.75, 3.05) is 5.32 Å². The summed E-state index contributed by atoms with van der Waals surface area (Å²) in [4.78, 5) is 10.7. The topological polar surface area (TPSA) is 42.2 Å². The minimum absolute atomic E-state index is 0.0972. The second-order valence-electron chi connectivity index (χ2n) is 14.4. The Labute approximate surface area is 308 Å². The molecule has 0 bridgehead atoms. The van der Waals surface area contributed by atoms with E-state index < -0.39 is 0 Å². The largest absolute Gasteiger partial charge is 0.371 e. The molecule has 252 valence electrons. The van der Waals surface area contributed by atoms with Gasteiger partial charge in [0.25, 0.3) is 0 Å². The van der Waals surface area contributed by atoms with Crippen molar-refractivity contribution in [3.05, 3.63) is 184 Å². The van der Waals surface area contributed by atoms with Gasteiger partial charge in [0.15, 0.2) is 0 Å². The van der Waals surface area contributed by atoms with Crippen LogP contribution in [0.5, 0.6) is 0 Å². The van der Waals surface area contributed by atoms with Crippen LogP contribution in [0.2, 0.25) is 0 Å². The van der Waals surface area contributed by atoms with Crippen molar-refractivity contribution in [1.82, 2.24) is 9.55 Å². The van der Waals surface area contributed by atoms with E-state index >= 15 is 0 Å². The molecule has 1 aromatic heterocycles. The molecule has 6 aromatic carbocycles. The monoisotopic (exact) mass is 680 g/mol. The third kappa shape index (κ3) is 4.90. The maximum absolute atomic E-state index is 5.37. The molecule has 0 amide bonds. The summed E-state index contributed by atoms with van der Waals surface area (Å²) in [7, 11) is 0. The molecule has 3 heterocycles. The normalized spacial score (nSPS) is 16.1. The lowest BCUT2D eigenvalue weighted by Gasteiger charge is -2.29. The predicted molar refractivity (Wildman–Crippen MR) is 218 cm³/mol. The van der Waals surface area contributed by atoms with Crippen LogP contribution in [-0.4, -0.2) is 15.3 Å². The van der Waals surface area contributed by atoms with Gasteiger partial charge in [-0.1, -0.05) is 121 Å². The van der Waals surface area contributed by atoms with E-state index in [1.54, 1.807) is 0 Å². The highest BCUT2D eigenvalue weighted by atomic mass is 15.1. The Kier molecular flexibility index (Phi) is 6.84. The van der Waals surface area contributed by atoms with Crippen LogP contribution in [0.4, 0.5) is 11.4 Å². The van der Waals surface area contributed by atoms with Crippen molar-refractivity contribution >= 4 is 34.8 Å². The number of benzene rings is 6. The van der Waals surface area contributed by atoms with Gasteiger partial charge < -0.3 is 5.32 Å². The predicted octanol–water partition coefficient (Wildman–Crippen LogP) is 10.2. The summed E-state index contributed by atoms with van der Waals surface area (Å²) in [6.45, 7) is 0. The van der Waals surface area contributed by atoms with Gasteiger partial charge in [0, 0.05) is 11.1 Å². The number of para-hydroxylation sites is 3. The van der Waals surface area contributed by atoms with Gasteiger partial charge in [-0.2, -0.15) is 0 Å². The van der Waals surface area contributed by atoms with E-state index in [1.165, 1.54) is 61.1 Å². The Hall–Kier alpha value is -6.52. The Morgan fingerprint density at radius 2 is 1.42 bits per heavy atom. The number of anilines is 1. The van der Waals surface area contributed by atoms with Crippen molar-refractivity contribution in [2.45, 2.75) is 31.7 Å². The van der Waals surface area contributed by atoms with Gasteiger partial charge in [-0.15, -0.1) is 0 Å². The first-order valence-electron chi connectivity index (χ1n) is 18.7. The number of aliphatic imine (C=N–C) groups is 1. The Morgan fingerprint density at radius 3 is 2.36 bits per heavy atom. The lowest BCUT2D eigenvalue weighted by molar-refractivity contribution is 0.979. The number of imidazole rings is 1. The zero-order chi connectivity index (χ0) is 34.9. The van der Waals surface area contributed by atoms with E-state index in [0.717, 1.165) is 65.1 Å². The molecule has 1 atom stereocenters. The van der Waals surface area contributed by atoms with Gasteiger partial charge in [0.05, 0.1) is 39.5 Å². The minimum atomic E-state index is -0.0972. The summed E-state index contributed by atoms with van der Waals surface area (Å²) in [5, 5.41) is 6.17. The molecule has 7 aromatic rings. The number of allylic oxidation sites excluding steroid dienone is 1. The second-order valence-corrected chi connectivity index (χ2v) is 14.4. The van der Waals surface area contributed by atoms with Crippen molar-refractivity contribution < 1.29 is 0 Å². The zero-order valence-corrected chi connectivity index (χ0v) is 29.3. The maximum atomic E-state index is 5.37. The average molecular weight is 681 g/mol. The molecule has 4 nitrogen and oxygen atoms in total. The number of hydrogen-bond acceptors (Lipinski definition) is 3. The van der Waals surface area contributed by atoms with Crippen LogP contribution in [0.1, 0.15) is 53.1 Å². The SMILES string of the molecule is C1=Cc2ccc(C3=Nc4ccccc4NC3c3cccc(-c4cccc(-c5nc6c7n5-c5ccccc5-c5ccccc5C=7CCC=6)c4)c3)cc2CC1. The number of aryl methyl sites for hydroxylation is 1. The molecule has 0 radical (unpaired) electrons. The van der Waals surface area contributed by atoms with Crippen LogP contribution >= 0.6 is 0 Å². The molecular weight excluding hydrogens is 645 g/mol. The number of aromatic nitrogens is 2. The summed E-state index contributed by atoms with van der Waals surface area (Å²) in [6, 6.07) is 50.7. The Balaban J connectivity index is 1.03. The molecule has 4 aliphatic rings. The maximum Gasteiger partial charge on any atom is 0.145 e. The van der Waals surface area contributed by atoms with E-state index in [1.807, 2.05) is 0 Å². The van der Waals surface area contributed by atoms with Crippen molar-refractivity contribution in [3.8, 4) is 39.3 Å². The third-order valence-corrected chi connectivity index (χ3v) is 11.3. The summed E-state index contributed by atoms with van der Waals surface area (Å²) in [5.74, 6) is 0.978. The smallest absolute Gasteiger partial charge is 0.145 e. The quantitative estimate of drug-likeness (QED) is 0.201. The zero-order valence-electron chi connectivity index (χ0n) is 29.3. The molecule has 1 N–H and O–H groups in total. The summed E-state index contributed by atoms with van der Waals surface area (Å²) >= 11 is 0. The Bertz CT molecular complexity index is 2830. The summed E-state index contributed by atoms with van der Waals surface area (Å²) in [6.07, 6.45) is 11.0. The lowest BCUT2D eigenvalue weighted by atomic mass is 9.89. The molecule has 53 heavy (non-hydrogen) atoms. The highest BCUT2D eigenvalue weighted by molar-refractivity contribution is 6.10. The van der Waals surface area contributed by atoms with Crippen molar-refractivity contribution in [3.63, 3.8) is 0 Å². The van der Waals surface area contributed by atoms with Crippen LogP contribution in [0.25, 0.3) is 57.1 Å². The fraction of sp³-hybridized carbons (Fsp3) is 0.102. The van der Waals surface area contributed by atoms with E-state index in [0.29, 0.717) is 0 Å². The second kappa shape index (κ2) is 12.0. The third-order valence-electron chi connectivity index (χ3n) is 11.3. The molecule has 0 spiro atoms. The van der Waals surface area contributed by atoms with E-state index in [2.05, 4.69) is 168 Å². The van der Waals surface area contributed by atoms with E-state index in [9.17, 15) is 0 Å². The first kappa shape index (κ1) is 30.1. The molecule has 11 rings (SSSR count). The van der Waals surface area contributed by atoms with Crippen LogP contribution in [0.3, 0.4) is 0 Å². The Morgan fingerprint density at radius 1 is 0.623 bits per heavy atom.